The Morgan fingerprint density at radius 1 is 1.14 bits per heavy atom. The first-order chi connectivity index (χ1) is 10.2. The number of aryl methyl sites for hydroxylation is 1. The fourth-order valence-corrected chi connectivity index (χ4v) is 2.40. The van der Waals surface area contributed by atoms with Crippen LogP contribution in [0.4, 0.5) is 0 Å². The quantitative estimate of drug-likeness (QED) is 0.748. The van der Waals surface area contributed by atoms with E-state index in [4.69, 9.17) is 0 Å². The van der Waals surface area contributed by atoms with Crippen LogP contribution in [-0.2, 0) is 13.2 Å². The fraction of sp³-hybridized carbons (Fsp3) is 0.176. The molecule has 4 nitrogen and oxygen atoms in total. The van der Waals surface area contributed by atoms with Crippen LogP contribution in [0, 0.1) is 6.92 Å². The number of Topliss-reactive ketones (excluding diaryl/α,β-unsaturated/α-hetero) is 1. The normalized spacial score (nSPS) is 11.0. The van der Waals surface area contributed by atoms with Gasteiger partial charge in [0.2, 0.25) is 0 Å². The zero-order valence-electron chi connectivity index (χ0n) is 11.8. The highest BCUT2D eigenvalue weighted by molar-refractivity contribution is 5.96. The number of carbonyl (C=O) groups excluding carboxylic acids is 1. The molecule has 1 aromatic heterocycles. The van der Waals surface area contributed by atoms with E-state index in [-0.39, 0.29) is 18.9 Å². The van der Waals surface area contributed by atoms with Gasteiger partial charge < -0.3 is 9.67 Å². The highest BCUT2D eigenvalue weighted by Crippen LogP contribution is 2.17. The summed E-state index contributed by atoms with van der Waals surface area (Å²) < 4.78 is 1.78. The highest BCUT2D eigenvalue weighted by atomic mass is 16.3. The van der Waals surface area contributed by atoms with Gasteiger partial charge in [0.1, 0.15) is 12.4 Å². The lowest BCUT2D eigenvalue weighted by atomic mass is 10.1. The lowest BCUT2D eigenvalue weighted by Crippen LogP contribution is -2.13. The number of para-hydroxylation sites is 2. The van der Waals surface area contributed by atoms with Gasteiger partial charge in [0.15, 0.2) is 5.78 Å². The zero-order valence-corrected chi connectivity index (χ0v) is 11.8. The number of benzene rings is 2. The summed E-state index contributed by atoms with van der Waals surface area (Å²) >= 11 is 0. The number of rotatable bonds is 4. The first-order valence-corrected chi connectivity index (χ1v) is 6.84. The standard InChI is InChI=1S/C17H16N2O2/c1-12-6-8-13(9-7-12)16(21)10-19-15-5-3-2-4-14(15)18-17(19)11-20/h2-9,20H,10-11H2,1H3. The molecular weight excluding hydrogens is 264 g/mol. The predicted molar refractivity (Wildman–Crippen MR) is 81.2 cm³/mol. The van der Waals surface area contributed by atoms with Gasteiger partial charge in [0.05, 0.1) is 17.6 Å². The van der Waals surface area contributed by atoms with Crippen LogP contribution in [-0.4, -0.2) is 20.4 Å². The molecule has 4 heteroatoms. The Balaban J connectivity index is 1.97. The van der Waals surface area contributed by atoms with E-state index < -0.39 is 0 Å². The Morgan fingerprint density at radius 2 is 1.86 bits per heavy atom. The van der Waals surface area contributed by atoms with Crippen molar-refractivity contribution in [3.05, 3.63) is 65.5 Å². The first-order valence-electron chi connectivity index (χ1n) is 6.84. The van der Waals surface area contributed by atoms with Crippen molar-refractivity contribution in [3.63, 3.8) is 0 Å². The molecule has 3 aromatic rings. The van der Waals surface area contributed by atoms with Gasteiger partial charge in [-0.3, -0.25) is 4.79 Å². The molecule has 1 heterocycles. The average molecular weight is 280 g/mol. The number of aliphatic hydroxyl groups excluding tert-OH is 1. The largest absolute Gasteiger partial charge is 0.388 e. The molecule has 0 aliphatic rings. The number of fused-ring (bicyclic) bond motifs is 1. The topological polar surface area (TPSA) is 55.1 Å². The summed E-state index contributed by atoms with van der Waals surface area (Å²) in [7, 11) is 0. The molecule has 21 heavy (non-hydrogen) atoms. The number of hydrogen-bond acceptors (Lipinski definition) is 3. The maximum atomic E-state index is 12.4. The third kappa shape index (κ3) is 2.58. The molecule has 0 aliphatic carbocycles. The molecule has 0 atom stereocenters. The maximum Gasteiger partial charge on any atom is 0.182 e. The van der Waals surface area contributed by atoms with Crippen molar-refractivity contribution in [1.29, 1.82) is 0 Å². The van der Waals surface area contributed by atoms with E-state index in [9.17, 15) is 9.90 Å². The summed E-state index contributed by atoms with van der Waals surface area (Å²) in [5, 5.41) is 9.44. The summed E-state index contributed by atoms with van der Waals surface area (Å²) in [6.07, 6.45) is 0. The highest BCUT2D eigenvalue weighted by Gasteiger charge is 2.13. The Morgan fingerprint density at radius 3 is 2.57 bits per heavy atom. The summed E-state index contributed by atoms with van der Waals surface area (Å²) in [6.45, 7) is 1.98. The van der Waals surface area contributed by atoms with E-state index in [0.29, 0.717) is 11.4 Å². The summed E-state index contributed by atoms with van der Waals surface area (Å²) in [5.41, 5.74) is 3.44. The Bertz CT molecular complexity index is 788. The van der Waals surface area contributed by atoms with E-state index in [2.05, 4.69) is 4.98 Å². The molecule has 0 aliphatic heterocycles. The lowest BCUT2D eigenvalue weighted by Gasteiger charge is -2.07. The second-order valence-corrected chi connectivity index (χ2v) is 5.05. The molecular formula is C17H16N2O2. The van der Waals surface area contributed by atoms with E-state index >= 15 is 0 Å². The molecule has 0 saturated heterocycles. The SMILES string of the molecule is Cc1ccc(C(=O)Cn2c(CO)nc3ccccc32)cc1. The molecule has 0 fully saturated rings. The summed E-state index contributed by atoms with van der Waals surface area (Å²) in [6, 6.07) is 15.1. The second-order valence-electron chi connectivity index (χ2n) is 5.05. The van der Waals surface area contributed by atoms with Crippen molar-refractivity contribution >= 4 is 16.8 Å². The minimum Gasteiger partial charge on any atom is -0.388 e. The first kappa shape index (κ1) is 13.5. The second kappa shape index (κ2) is 5.50. The number of aromatic nitrogens is 2. The van der Waals surface area contributed by atoms with Crippen molar-refractivity contribution in [2.24, 2.45) is 0 Å². The number of imidazole rings is 1. The molecule has 0 spiro atoms. The van der Waals surface area contributed by atoms with Gasteiger partial charge in [0, 0.05) is 5.56 Å². The van der Waals surface area contributed by atoms with Gasteiger partial charge in [-0.1, -0.05) is 42.0 Å². The minimum absolute atomic E-state index is 0.00727. The van der Waals surface area contributed by atoms with Gasteiger partial charge in [-0.2, -0.15) is 0 Å². The fourth-order valence-electron chi connectivity index (χ4n) is 2.40. The van der Waals surface area contributed by atoms with Crippen LogP contribution >= 0.6 is 0 Å². The summed E-state index contributed by atoms with van der Waals surface area (Å²) in [4.78, 5) is 16.8. The van der Waals surface area contributed by atoms with Gasteiger partial charge >= 0.3 is 0 Å². The molecule has 106 valence electrons. The molecule has 1 N–H and O–H groups in total. The van der Waals surface area contributed by atoms with Crippen molar-refractivity contribution in [3.8, 4) is 0 Å². The van der Waals surface area contributed by atoms with Gasteiger partial charge in [-0.15, -0.1) is 0 Å². The number of ketones is 1. The monoisotopic (exact) mass is 280 g/mol. The minimum atomic E-state index is -0.185. The lowest BCUT2D eigenvalue weighted by molar-refractivity contribution is 0.0970. The van der Waals surface area contributed by atoms with Gasteiger partial charge in [-0.25, -0.2) is 4.98 Å². The molecule has 3 rings (SSSR count). The van der Waals surface area contributed by atoms with Crippen LogP contribution in [0.15, 0.2) is 48.5 Å². The van der Waals surface area contributed by atoms with Crippen LogP contribution < -0.4 is 0 Å². The third-order valence-electron chi connectivity index (χ3n) is 3.55. The van der Waals surface area contributed by atoms with Crippen molar-refractivity contribution in [1.82, 2.24) is 9.55 Å². The zero-order chi connectivity index (χ0) is 14.8. The molecule has 2 aromatic carbocycles. The number of carbonyl (C=O) groups is 1. The molecule has 0 unspecified atom stereocenters. The van der Waals surface area contributed by atoms with Crippen molar-refractivity contribution in [2.45, 2.75) is 20.1 Å². The molecule has 0 radical (unpaired) electrons. The van der Waals surface area contributed by atoms with E-state index in [1.165, 1.54) is 0 Å². The van der Waals surface area contributed by atoms with E-state index in [1.54, 1.807) is 4.57 Å². The smallest absolute Gasteiger partial charge is 0.182 e. The van der Waals surface area contributed by atoms with Crippen LogP contribution in [0.3, 0.4) is 0 Å². The van der Waals surface area contributed by atoms with Crippen molar-refractivity contribution < 1.29 is 9.90 Å². The van der Waals surface area contributed by atoms with E-state index in [1.807, 2.05) is 55.5 Å². The van der Waals surface area contributed by atoms with Gasteiger partial charge in [0.25, 0.3) is 0 Å². The maximum absolute atomic E-state index is 12.4. The predicted octanol–water partition coefficient (Wildman–Crippen LogP) is 2.72. The van der Waals surface area contributed by atoms with Crippen molar-refractivity contribution in [2.75, 3.05) is 0 Å². The Kier molecular flexibility index (Phi) is 3.54. The number of nitrogens with zero attached hydrogens (tertiary/aromatic N) is 2. The Hall–Kier alpha value is -2.46. The molecule has 0 bridgehead atoms. The van der Waals surface area contributed by atoms with Crippen LogP contribution in [0.5, 0.6) is 0 Å². The van der Waals surface area contributed by atoms with E-state index in [0.717, 1.165) is 16.6 Å². The molecule has 0 saturated carbocycles. The van der Waals surface area contributed by atoms with Crippen LogP contribution in [0.1, 0.15) is 21.7 Å². The average Bonchev–Trinajstić information content (AvgIpc) is 2.86. The Labute approximate surface area is 122 Å². The van der Waals surface area contributed by atoms with Crippen LogP contribution in [0.25, 0.3) is 11.0 Å². The number of aliphatic hydroxyl groups is 1. The van der Waals surface area contributed by atoms with Gasteiger partial charge in [-0.05, 0) is 19.1 Å². The van der Waals surface area contributed by atoms with Crippen LogP contribution in [0.2, 0.25) is 0 Å². The third-order valence-corrected chi connectivity index (χ3v) is 3.55. The summed E-state index contributed by atoms with van der Waals surface area (Å²) in [5.74, 6) is 0.518. The number of hydrogen-bond donors (Lipinski definition) is 1. The molecule has 0 amide bonds.